The van der Waals surface area contributed by atoms with E-state index in [2.05, 4.69) is 33.4 Å². The highest BCUT2D eigenvalue weighted by Crippen LogP contribution is 2.33. The molecule has 0 saturated heterocycles. The molecule has 10 heteroatoms. The lowest BCUT2D eigenvalue weighted by molar-refractivity contribution is -0.138. The Morgan fingerprint density at radius 1 is 0.533 bits per heavy atom. The van der Waals surface area contributed by atoms with Crippen LogP contribution < -0.4 is 0 Å². The normalized spacial score (nSPS) is 12.8. The van der Waals surface area contributed by atoms with E-state index in [9.17, 15) is 29.7 Å². The van der Waals surface area contributed by atoms with Gasteiger partial charge in [0.15, 0.2) is 0 Å². The van der Waals surface area contributed by atoms with Gasteiger partial charge in [0.2, 0.25) is 0 Å². The predicted octanol–water partition coefficient (Wildman–Crippen LogP) is 5.60. The van der Waals surface area contributed by atoms with E-state index < -0.39 is 17.9 Å². The highest BCUT2D eigenvalue weighted by Gasteiger charge is 2.25. The number of fused-ring (bicyclic) bond motifs is 8. The Bertz CT molecular complexity index is 1810. The number of carboxylic acids is 3. The number of nitrogens with one attached hydrogen (secondary N) is 4. The van der Waals surface area contributed by atoms with Crippen molar-refractivity contribution in [2.24, 2.45) is 0 Å². The lowest BCUT2D eigenvalue weighted by atomic mass is 9.97. The van der Waals surface area contributed by atoms with Gasteiger partial charge < -0.3 is 35.3 Å². The van der Waals surface area contributed by atoms with Crippen LogP contribution in [0.4, 0.5) is 0 Å². The largest absolute Gasteiger partial charge is 0.481 e. The summed E-state index contributed by atoms with van der Waals surface area (Å²) in [6, 6.07) is 0. The van der Waals surface area contributed by atoms with Crippen LogP contribution in [-0.2, 0) is 59.3 Å². The van der Waals surface area contributed by atoms with Gasteiger partial charge in [-0.1, -0.05) is 12.7 Å². The van der Waals surface area contributed by atoms with Crippen molar-refractivity contribution in [3.8, 4) is 0 Å². The van der Waals surface area contributed by atoms with Gasteiger partial charge in [-0.05, 0) is 91.5 Å². The first-order valence-electron chi connectivity index (χ1n) is 15.4. The van der Waals surface area contributed by atoms with E-state index in [4.69, 9.17) is 0 Å². The van der Waals surface area contributed by atoms with Crippen molar-refractivity contribution in [1.29, 1.82) is 0 Å². The highest BCUT2D eigenvalue weighted by atomic mass is 16.4. The predicted molar refractivity (Wildman–Crippen MR) is 171 cm³/mol. The molecule has 0 atom stereocenters. The third kappa shape index (κ3) is 6.41. The monoisotopic (exact) mass is 614 g/mol. The molecular weight excluding hydrogens is 572 g/mol. The molecule has 4 aromatic heterocycles. The van der Waals surface area contributed by atoms with Crippen LogP contribution in [0.3, 0.4) is 0 Å². The number of hydrogen-bond acceptors (Lipinski definition) is 3. The van der Waals surface area contributed by atoms with E-state index in [0.717, 1.165) is 90.1 Å². The van der Waals surface area contributed by atoms with E-state index in [0.29, 0.717) is 44.9 Å². The molecule has 0 aromatic carbocycles. The quantitative estimate of drug-likeness (QED) is 0.108. The topological polar surface area (TPSA) is 175 Å². The van der Waals surface area contributed by atoms with Crippen LogP contribution in [0, 0.1) is 27.7 Å². The minimum absolute atomic E-state index is 0.00566. The van der Waals surface area contributed by atoms with Crippen molar-refractivity contribution in [3.05, 3.63) is 96.6 Å². The molecule has 1 aliphatic heterocycles. The Morgan fingerprint density at radius 3 is 1.18 bits per heavy atom. The number of carbonyl (C=O) groups is 3. The zero-order chi connectivity index (χ0) is 32.6. The average molecular weight is 615 g/mol. The van der Waals surface area contributed by atoms with Gasteiger partial charge in [0, 0.05) is 90.5 Å². The summed E-state index contributed by atoms with van der Waals surface area (Å²) in [7, 11) is 0. The van der Waals surface area contributed by atoms with Crippen molar-refractivity contribution in [2.45, 2.75) is 91.9 Å². The maximum Gasteiger partial charge on any atom is 0.303 e. The first-order valence-corrected chi connectivity index (χ1v) is 15.4. The van der Waals surface area contributed by atoms with Gasteiger partial charge in [-0.25, -0.2) is 0 Å². The molecule has 0 fully saturated rings. The summed E-state index contributed by atoms with van der Waals surface area (Å²) in [4.78, 5) is 49.4. The molecule has 45 heavy (non-hydrogen) atoms. The summed E-state index contributed by atoms with van der Waals surface area (Å²) < 4.78 is 0. The van der Waals surface area contributed by atoms with Crippen LogP contribution >= 0.6 is 0 Å². The first kappa shape index (κ1) is 31.7. The third-order valence-corrected chi connectivity index (χ3v) is 9.58. The number of aromatic nitrogens is 4. The molecular formula is C35H42N4O6. The van der Waals surface area contributed by atoms with E-state index in [1.165, 1.54) is 0 Å². The summed E-state index contributed by atoms with van der Waals surface area (Å²) in [5.74, 6) is -2.59. The lowest BCUT2D eigenvalue weighted by Crippen LogP contribution is -2.04. The van der Waals surface area contributed by atoms with Crippen LogP contribution in [0.1, 0.15) is 109 Å². The molecule has 0 spiro atoms. The van der Waals surface area contributed by atoms with Crippen molar-refractivity contribution in [2.75, 3.05) is 0 Å². The minimum Gasteiger partial charge on any atom is -0.481 e. The number of hydrogen-bond donors (Lipinski definition) is 7. The molecule has 0 aliphatic carbocycles. The molecule has 7 N–H and O–H groups in total. The molecule has 1 aliphatic rings. The molecule has 0 amide bonds. The van der Waals surface area contributed by atoms with Crippen molar-refractivity contribution in [3.63, 3.8) is 0 Å². The Balaban J connectivity index is 1.71. The molecule has 0 unspecified atom stereocenters. The molecule has 5 heterocycles. The number of H-pyrrole nitrogens is 4. The van der Waals surface area contributed by atoms with Crippen LogP contribution in [0.25, 0.3) is 6.08 Å². The van der Waals surface area contributed by atoms with Crippen molar-refractivity contribution in [1.82, 2.24) is 19.9 Å². The lowest BCUT2D eigenvalue weighted by Gasteiger charge is -2.07. The zero-order valence-electron chi connectivity index (χ0n) is 26.4. The fourth-order valence-corrected chi connectivity index (χ4v) is 7.01. The second-order valence-corrected chi connectivity index (χ2v) is 12.3. The molecule has 0 radical (unpaired) electrons. The average Bonchev–Trinajstić information content (AvgIpc) is 3.63. The van der Waals surface area contributed by atoms with Gasteiger partial charge in [0.05, 0.1) is 0 Å². The summed E-state index contributed by atoms with van der Waals surface area (Å²) >= 11 is 0. The van der Waals surface area contributed by atoms with Crippen LogP contribution in [0.2, 0.25) is 0 Å². The standard InChI is InChI=1S/C35H42N4O6/c1-6-21-17(2)25-13-26-18(3)23(8-11-34(42)43)31(37-26)16-32-24(9-12-35(44)45)20(5)28(39-32)15-30-22(7-10-33(40)41)19(4)27(38-30)14-29(21)36-25/h6,36-39H,1,7-16H2,2-5H3,(H,40,41)(H,42,43)(H,44,45). The maximum atomic E-state index is 11.6. The van der Waals surface area contributed by atoms with Crippen molar-refractivity contribution >= 4 is 24.0 Å². The van der Waals surface area contributed by atoms with Crippen molar-refractivity contribution < 1.29 is 29.7 Å². The molecule has 5 rings (SSSR count). The summed E-state index contributed by atoms with van der Waals surface area (Å²) in [5, 5.41) is 28.5. The van der Waals surface area contributed by atoms with Gasteiger partial charge in [-0.3, -0.25) is 14.4 Å². The molecule has 4 aromatic rings. The van der Waals surface area contributed by atoms with E-state index in [-0.39, 0.29) is 19.3 Å². The van der Waals surface area contributed by atoms with Crippen LogP contribution in [-0.4, -0.2) is 53.2 Å². The fourth-order valence-electron chi connectivity index (χ4n) is 7.01. The fraction of sp³-hybridized carbons (Fsp3) is 0.400. The Labute approximate surface area is 262 Å². The first-order chi connectivity index (χ1) is 21.4. The summed E-state index contributed by atoms with van der Waals surface area (Å²) in [6.07, 6.45) is 5.18. The van der Waals surface area contributed by atoms with Crippen LogP contribution in [0.5, 0.6) is 0 Å². The van der Waals surface area contributed by atoms with Gasteiger partial charge in [-0.2, -0.15) is 0 Å². The summed E-state index contributed by atoms with van der Waals surface area (Å²) in [5.41, 5.74) is 15.9. The second-order valence-electron chi connectivity index (χ2n) is 12.3. The number of rotatable bonds is 10. The van der Waals surface area contributed by atoms with Crippen LogP contribution in [0.15, 0.2) is 6.58 Å². The molecule has 238 valence electrons. The number of aromatic amines is 4. The SMILES string of the molecule is C=Cc1c2[nH]c(c1C)Cc1[nH]c(c(CCC(=O)O)c1C)Cc1[nH]c(c(C)c1CCC(=O)O)Cc1[nH]c(c(C)c1CCC(=O)O)C2. The number of carboxylic acid groups (broad SMARTS) is 3. The molecule has 10 nitrogen and oxygen atoms in total. The molecule has 8 bridgehead atoms. The summed E-state index contributed by atoms with van der Waals surface area (Å²) in [6.45, 7) is 12.2. The smallest absolute Gasteiger partial charge is 0.303 e. The third-order valence-electron chi connectivity index (χ3n) is 9.58. The molecule has 0 saturated carbocycles. The van der Waals surface area contributed by atoms with E-state index in [1.54, 1.807) is 0 Å². The Kier molecular flexibility index (Phi) is 8.95. The van der Waals surface area contributed by atoms with Gasteiger partial charge in [-0.15, -0.1) is 0 Å². The Hall–Kier alpha value is -4.73. The van der Waals surface area contributed by atoms with Gasteiger partial charge >= 0.3 is 17.9 Å². The number of aliphatic carboxylic acids is 3. The maximum absolute atomic E-state index is 11.6. The highest BCUT2D eigenvalue weighted by molar-refractivity contribution is 5.68. The van der Waals surface area contributed by atoms with E-state index >= 15 is 0 Å². The van der Waals surface area contributed by atoms with Gasteiger partial charge in [0.1, 0.15) is 0 Å². The Morgan fingerprint density at radius 2 is 0.822 bits per heavy atom. The second kappa shape index (κ2) is 12.7. The zero-order valence-corrected chi connectivity index (χ0v) is 26.4. The van der Waals surface area contributed by atoms with E-state index in [1.807, 2.05) is 26.8 Å². The minimum atomic E-state index is -0.873. The van der Waals surface area contributed by atoms with Gasteiger partial charge in [0.25, 0.3) is 0 Å².